The molecular formula is C25H18N2O2S2. The van der Waals surface area contributed by atoms with Crippen LogP contribution in [0.1, 0.15) is 34.0 Å². The SMILES string of the molecule is O=c1c(=Cc2ccccc2O)sc2n1[C@@H](c1cccs1)C1=C(N=2)c2ccccc2CC1. The van der Waals surface area contributed by atoms with Gasteiger partial charge in [0.2, 0.25) is 0 Å². The summed E-state index contributed by atoms with van der Waals surface area (Å²) in [5.74, 6) is 0.163. The quantitative estimate of drug-likeness (QED) is 0.509. The minimum absolute atomic E-state index is 0.0594. The zero-order chi connectivity index (χ0) is 20.9. The summed E-state index contributed by atoms with van der Waals surface area (Å²) in [5.41, 5.74) is 5.27. The van der Waals surface area contributed by atoms with E-state index in [1.165, 1.54) is 28.0 Å². The molecule has 1 aliphatic heterocycles. The van der Waals surface area contributed by atoms with E-state index in [9.17, 15) is 9.90 Å². The molecule has 0 spiro atoms. The minimum atomic E-state index is -0.133. The van der Waals surface area contributed by atoms with Crippen molar-refractivity contribution in [2.24, 2.45) is 4.99 Å². The molecule has 1 aliphatic carbocycles. The maximum Gasteiger partial charge on any atom is 0.271 e. The highest BCUT2D eigenvalue weighted by atomic mass is 32.1. The van der Waals surface area contributed by atoms with Gasteiger partial charge in [-0.25, -0.2) is 4.99 Å². The third-order valence-corrected chi connectivity index (χ3v) is 7.82. The Hall–Kier alpha value is -3.22. The summed E-state index contributed by atoms with van der Waals surface area (Å²) in [6.07, 6.45) is 3.61. The van der Waals surface area contributed by atoms with E-state index in [0.29, 0.717) is 14.9 Å². The molecule has 2 aromatic carbocycles. The van der Waals surface area contributed by atoms with Crippen molar-refractivity contribution in [3.05, 3.63) is 113 Å². The number of phenols is 1. The molecule has 0 unspecified atom stereocenters. The number of benzene rings is 2. The third-order valence-electron chi connectivity index (χ3n) is 5.91. The summed E-state index contributed by atoms with van der Waals surface area (Å²) >= 11 is 3.06. The number of thiophene rings is 1. The van der Waals surface area contributed by atoms with Crippen LogP contribution in [0.2, 0.25) is 0 Å². The van der Waals surface area contributed by atoms with Crippen LogP contribution in [-0.4, -0.2) is 9.67 Å². The molecule has 0 fully saturated rings. The van der Waals surface area contributed by atoms with E-state index < -0.39 is 0 Å². The molecule has 31 heavy (non-hydrogen) atoms. The second-order valence-corrected chi connectivity index (χ2v) is 9.68. The Balaban J connectivity index is 1.64. The van der Waals surface area contributed by atoms with Gasteiger partial charge >= 0.3 is 0 Å². The molecule has 0 saturated heterocycles. The van der Waals surface area contributed by atoms with Gasteiger partial charge < -0.3 is 5.11 Å². The maximum atomic E-state index is 13.5. The van der Waals surface area contributed by atoms with Crippen LogP contribution in [0.15, 0.2) is 81.4 Å². The number of phenolic OH excluding ortho intramolecular Hbond substituents is 1. The first kappa shape index (κ1) is 18.5. The number of nitrogens with zero attached hydrogens (tertiary/aromatic N) is 2. The van der Waals surface area contributed by atoms with E-state index in [2.05, 4.69) is 35.7 Å². The molecule has 6 heteroatoms. The predicted molar refractivity (Wildman–Crippen MR) is 125 cm³/mol. The average Bonchev–Trinajstić information content (AvgIpc) is 3.43. The zero-order valence-electron chi connectivity index (χ0n) is 16.5. The number of allylic oxidation sites excluding steroid dienone is 1. The van der Waals surface area contributed by atoms with E-state index >= 15 is 0 Å². The van der Waals surface area contributed by atoms with Crippen LogP contribution < -0.4 is 14.9 Å². The molecule has 3 heterocycles. The van der Waals surface area contributed by atoms with Crippen LogP contribution in [0.4, 0.5) is 0 Å². The normalized spacial score (nSPS) is 17.7. The monoisotopic (exact) mass is 442 g/mol. The molecule has 0 amide bonds. The Morgan fingerprint density at radius 1 is 1.03 bits per heavy atom. The Bertz CT molecular complexity index is 1520. The van der Waals surface area contributed by atoms with Crippen molar-refractivity contribution in [3.63, 3.8) is 0 Å². The van der Waals surface area contributed by atoms with Crippen molar-refractivity contribution in [1.29, 1.82) is 0 Å². The van der Waals surface area contributed by atoms with Crippen LogP contribution in [0.25, 0.3) is 11.8 Å². The number of hydrogen-bond acceptors (Lipinski definition) is 5. The predicted octanol–water partition coefficient (Wildman–Crippen LogP) is 4.09. The van der Waals surface area contributed by atoms with E-state index in [4.69, 9.17) is 4.99 Å². The highest BCUT2D eigenvalue weighted by molar-refractivity contribution is 7.10. The number of aromatic nitrogens is 1. The third kappa shape index (κ3) is 2.94. The lowest BCUT2D eigenvalue weighted by molar-refractivity contribution is 0.474. The summed E-state index contributed by atoms with van der Waals surface area (Å²) in [7, 11) is 0. The van der Waals surface area contributed by atoms with Crippen molar-refractivity contribution < 1.29 is 5.11 Å². The van der Waals surface area contributed by atoms with E-state index in [1.807, 2.05) is 22.8 Å². The summed E-state index contributed by atoms with van der Waals surface area (Å²) < 4.78 is 2.42. The Morgan fingerprint density at radius 2 is 1.87 bits per heavy atom. The number of thiazole rings is 1. The van der Waals surface area contributed by atoms with Crippen LogP contribution in [0.5, 0.6) is 5.75 Å². The minimum Gasteiger partial charge on any atom is -0.507 e. The van der Waals surface area contributed by atoms with Crippen molar-refractivity contribution in [1.82, 2.24) is 4.57 Å². The summed E-state index contributed by atoms with van der Waals surface area (Å²) in [5, 5.41) is 12.2. The molecule has 1 N–H and O–H groups in total. The fraction of sp³-hybridized carbons (Fsp3) is 0.120. The van der Waals surface area contributed by atoms with Gasteiger partial charge in [-0.1, -0.05) is 59.9 Å². The Kier molecular flexibility index (Phi) is 4.30. The lowest BCUT2D eigenvalue weighted by Gasteiger charge is -2.30. The highest BCUT2D eigenvalue weighted by Crippen LogP contribution is 2.42. The largest absolute Gasteiger partial charge is 0.507 e. The van der Waals surface area contributed by atoms with Gasteiger partial charge in [-0.15, -0.1) is 11.3 Å². The van der Waals surface area contributed by atoms with Crippen LogP contribution >= 0.6 is 22.7 Å². The van der Waals surface area contributed by atoms with Gasteiger partial charge in [0.15, 0.2) is 4.80 Å². The molecule has 1 atom stereocenters. The number of aryl methyl sites for hydroxylation is 1. The lowest BCUT2D eigenvalue weighted by atomic mass is 9.85. The second kappa shape index (κ2) is 7.18. The fourth-order valence-electron chi connectivity index (χ4n) is 4.47. The van der Waals surface area contributed by atoms with Crippen LogP contribution in [-0.2, 0) is 6.42 Å². The molecule has 2 aliphatic rings. The molecule has 2 aromatic heterocycles. The Labute approximate surface area is 186 Å². The zero-order valence-corrected chi connectivity index (χ0v) is 18.1. The van der Waals surface area contributed by atoms with E-state index in [-0.39, 0.29) is 17.4 Å². The van der Waals surface area contributed by atoms with E-state index in [0.717, 1.165) is 23.4 Å². The van der Waals surface area contributed by atoms with Crippen molar-refractivity contribution >= 4 is 34.4 Å². The van der Waals surface area contributed by atoms with Crippen LogP contribution in [0.3, 0.4) is 0 Å². The van der Waals surface area contributed by atoms with Gasteiger partial charge in [0.05, 0.1) is 16.3 Å². The summed E-state index contributed by atoms with van der Waals surface area (Å²) in [6, 6.07) is 19.5. The van der Waals surface area contributed by atoms with Gasteiger partial charge in [0.1, 0.15) is 5.75 Å². The molecule has 4 nitrogen and oxygen atoms in total. The number of fused-ring (bicyclic) bond motifs is 3. The molecule has 6 rings (SSSR count). The van der Waals surface area contributed by atoms with Crippen molar-refractivity contribution in [2.45, 2.75) is 18.9 Å². The first-order valence-electron chi connectivity index (χ1n) is 10.2. The molecule has 0 saturated carbocycles. The topological polar surface area (TPSA) is 54.6 Å². The maximum absolute atomic E-state index is 13.5. The number of aromatic hydroxyl groups is 1. The first-order chi connectivity index (χ1) is 15.2. The molecule has 0 radical (unpaired) electrons. The molecular weight excluding hydrogens is 424 g/mol. The first-order valence-corrected chi connectivity index (χ1v) is 11.8. The summed E-state index contributed by atoms with van der Waals surface area (Å²) in [6.45, 7) is 0. The number of rotatable bonds is 2. The smallest absolute Gasteiger partial charge is 0.271 e. The summed E-state index contributed by atoms with van der Waals surface area (Å²) in [4.78, 5) is 20.4. The van der Waals surface area contributed by atoms with Crippen molar-refractivity contribution in [2.75, 3.05) is 0 Å². The molecule has 152 valence electrons. The average molecular weight is 443 g/mol. The van der Waals surface area contributed by atoms with Gasteiger partial charge in [-0.3, -0.25) is 9.36 Å². The number of hydrogen-bond donors (Lipinski definition) is 1. The highest BCUT2D eigenvalue weighted by Gasteiger charge is 2.32. The van der Waals surface area contributed by atoms with Gasteiger partial charge in [0.25, 0.3) is 5.56 Å². The van der Waals surface area contributed by atoms with Crippen molar-refractivity contribution in [3.8, 4) is 5.75 Å². The van der Waals surface area contributed by atoms with Gasteiger partial charge in [0, 0.05) is 16.0 Å². The van der Waals surface area contributed by atoms with Gasteiger partial charge in [-0.2, -0.15) is 0 Å². The Morgan fingerprint density at radius 3 is 2.71 bits per heavy atom. The van der Waals surface area contributed by atoms with E-state index in [1.54, 1.807) is 29.5 Å². The lowest BCUT2D eigenvalue weighted by Crippen LogP contribution is -2.38. The fourth-order valence-corrected chi connectivity index (χ4v) is 6.31. The molecule has 0 bridgehead atoms. The second-order valence-electron chi connectivity index (χ2n) is 7.69. The number of para-hydroxylation sites is 1. The van der Waals surface area contributed by atoms with Gasteiger partial charge in [-0.05, 0) is 47.6 Å². The van der Waals surface area contributed by atoms with Crippen LogP contribution in [0, 0.1) is 0 Å². The molecule has 4 aromatic rings. The standard InChI is InChI=1S/C25H18N2O2S2/c28-19-9-4-2-7-16(19)14-21-24(29)27-23(20-10-5-13-30-20)18-12-11-15-6-1-3-8-17(15)22(18)26-25(27)31-21/h1-10,13-14,23,28H,11-12H2/t23-/m1/s1.